The summed E-state index contributed by atoms with van der Waals surface area (Å²) in [6, 6.07) is 10.8. The Hall–Kier alpha value is -1.49. The van der Waals surface area contributed by atoms with Crippen LogP contribution < -0.4 is 4.74 Å². The lowest BCUT2D eigenvalue weighted by molar-refractivity contribution is 0.138. The lowest BCUT2D eigenvalue weighted by atomic mass is 9.71. The number of hydrogen-bond acceptors (Lipinski definition) is 2. The first kappa shape index (κ1) is 11.6. The highest BCUT2D eigenvalue weighted by Gasteiger charge is 2.37. The van der Waals surface area contributed by atoms with Crippen LogP contribution in [0.1, 0.15) is 44.1 Å². The molecule has 1 aromatic carbocycles. The van der Waals surface area contributed by atoms with E-state index in [1.165, 1.54) is 24.8 Å². The molecule has 0 aromatic heterocycles. The lowest BCUT2D eigenvalue weighted by Crippen LogP contribution is -2.29. The molecule has 0 bridgehead atoms. The van der Waals surface area contributed by atoms with Crippen molar-refractivity contribution in [2.75, 3.05) is 0 Å². The molecular formula is C16H19NO. The molecule has 0 amide bonds. The number of fused-ring (bicyclic) bond motifs is 1. The van der Waals surface area contributed by atoms with Gasteiger partial charge in [-0.2, -0.15) is 5.26 Å². The standard InChI is InChI=1S/C16H19NO/c17-12-16(8-4-1-5-9-16)11-14-10-13-6-2-3-7-15(13)18-14/h2-3,6-7,14H,1,4-5,8-11H2. The van der Waals surface area contributed by atoms with Crippen LogP contribution in [-0.4, -0.2) is 6.10 Å². The number of benzene rings is 1. The van der Waals surface area contributed by atoms with E-state index in [9.17, 15) is 5.26 Å². The summed E-state index contributed by atoms with van der Waals surface area (Å²) in [5.41, 5.74) is 1.18. The van der Waals surface area contributed by atoms with E-state index < -0.39 is 0 Å². The summed E-state index contributed by atoms with van der Waals surface area (Å²) in [4.78, 5) is 0. The fourth-order valence-electron chi connectivity index (χ4n) is 3.39. The second-order valence-corrected chi connectivity index (χ2v) is 5.71. The largest absolute Gasteiger partial charge is 0.490 e. The maximum atomic E-state index is 9.51. The second-order valence-electron chi connectivity index (χ2n) is 5.71. The molecule has 1 fully saturated rings. The van der Waals surface area contributed by atoms with Gasteiger partial charge in [0.1, 0.15) is 11.9 Å². The summed E-state index contributed by atoms with van der Waals surface area (Å²) in [6.45, 7) is 0. The van der Waals surface area contributed by atoms with Gasteiger partial charge in [0.05, 0.1) is 11.5 Å². The summed E-state index contributed by atoms with van der Waals surface area (Å²) in [6.07, 6.45) is 7.88. The molecule has 2 aliphatic rings. The minimum atomic E-state index is -0.120. The smallest absolute Gasteiger partial charge is 0.123 e. The lowest BCUT2D eigenvalue weighted by Gasteiger charge is -2.32. The SMILES string of the molecule is N#CC1(CC2Cc3ccccc3O2)CCCCC1. The molecule has 1 unspecified atom stereocenters. The average Bonchev–Trinajstić information content (AvgIpc) is 2.81. The van der Waals surface area contributed by atoms with Gasteiger partial charge in [-0.25, -0.2) is 0 Å². The van der Waals surface area contributed by atoms with Gasteiger partial charge in [-0.15, -0.1) is 0 Å². The molecule has 0 saturated heterocycles. The normalized spacial score (nSPS) is 24.9. The zero-order chi connectivity index (χ0) is 12.4. The number of para-hydroxylation sites is 1. The van der Waals surface area contributed by atoms with Crippen LogP contribution in [0.4, 0.5) is 0 Å². The van der Waals surface area contributed by atoms with E-state index in [0.29, 0.717) is 0 Å². The van der Waals surface area contributed by atoms with Crippen molar-refractivity contribution in [1.29, 1.82) is 5.26 Å². The van der Waals surface area contributed by atoms with Crippen molar-refractivity contribution in [2.24, 2.45) is 5.41 Å². The van der Waals surface area contributed by atoms with Crippen LogP contribution in [0.5, 0.6) is 5.75 Å². The van der Waals surface area contributed by atoms with E-state index in [1.807, 2.05) is 12.1 Å². The van der Waals surface area contributed by atoms with Crippen molar-refractivity contribution in [3.63, 3.8) is 0 Å². The van der Waals surface area contributed by atoms with Crippen molar-refractivity contribution in [1.82, 2.24) is 0 Å². The Morgan fingerprint density at radius 3 is 2.72 bits per heavy atom. The van der Waals surface area contributed by atoms with Crippen LogP contribution in [0.2, 0.25) is 0 Å². The highest BCUT2D eigenvalue weighted by molar-refractivity contribution is 5.37. The minimum absolute atomic E-state index is 0.120. The van der Waals surface area contributed by atoms with Gasteiger partial charge in [-0.1, -0.05) is 37.5 Å². The zero-order valence-corrected chi connectivity index (χ0v) is 10.7. The van der Waals surface area contributed by atoms with E-state index >= 15 is 0 Å². The second kappa shape index (κ2) is 4.65. The molecular weight excluding hydrogens is 222 g/mol. The summed E-state index contributed by atoms with van der Waals surface area (Å²) < 4.78 is 5.99. The molecule has 0 radical (unpaired) electrons. The summed E-state index contributed by atoms with van der Waals surface area (Å²) in [7, 11) is 0. The van der Waals surface area contributed by atoms with Crippen molar-refractivity contribution in [3.05, 3.63) is 29.8 Å². The van der Waals surface area contributed by atoms with Gasteiger partial charge < -0.3 is 4.74 Å². The van der Waals surface area contributed by atoms with Gasteiger partial charge in [0, 0.05) is 12.8 Å². The van der Waals surface area contributed by atoms with Gasteiger partial charge in [-0.3, -0.25) is 0 Å². The molecule has 3 rings (SSSR count). The van der Waals surface area contributed by atoms with Crippen LogP contribution in [-0.2, 0) is 6.42 Å². The molecule has 1 aliphatic carbocycles. The van der Waals surface area contributed by atoms with E-state index in [2.05, 4.69) is 18.2 Å². The summed E-state index contributed by atoms with van der Waals surface area (Å²) in [5, 5.41) is 9.51. The molecule has 18 heavy (non-hydrogen) atoms. The quantitative estimate of drug-likeness (QED) is 0.787. The molecule has 2 nitrogen and oxygen atoms in total. The highest BCUT2D eigenvalue weighted by atomic mass is 16.5. The van der Waals surface area contributed by atoms with Crippen LogP contribution in [0.3, 0.4) is 0 Å². The molecule has 1 aliphatic heterocycles. The molecule has 94 valence electrons. The Balaban J connectivity index is 1.70. The van der Waals surface area contributed by atoms with Gasteiger partial charge in [0.2, 0.25) is 0 Å². The maximum Gasteiger partial charge on any atom is 0.123 e. The number of hydrogen-bond donors (Lipinski definition) is 0. The zero-order valence-electron chi connectivity index (χ0n) is 10.7. The Morgan fingerprint density at radius 1 is 1.22 bits per heavy atom. The summed E-state index contributed by atoms with van der Waals surface area (Å²) >= 11 is 0. The number of rotatable bonds is 2. The Bertz CT molecular complexity index is 443. The molecule has 2 heteroatoms. The van der Waals surface area contributed by atoms with E-state index in [-0.39, 0.29) is 11.5 Å². The predicted molar refractivity (Wildman–Crippen MR) is 70.3 cm³/mol. The van der Waals surface area contributed by atoms with Crippen molar-refractivity contribution < 1.29 is 4.74 Å². The van der Waals surface area contributed by atoms with Crippen LogP contribution in [0.15, 0.2) is 24.3 Å². The third-order valence-electron chi connectivity index (χ3n) is 4.38. The minimum Gasteiger partial charge on any atom is -0.490 e. The molecule has 1 aromatic rings. The monoisotopic (exact) mass is 241 g/mol. The number of ether oxygens (including phenoxy) is 1. The van der Waals surface area contributed by atoms with E-state index in [1.54, 1.807) is 0 Å². The topological polar surface area (TPSA) is 33.0 Å². The van der Waals surface area contributed by atoms with Crippen molar-refractivity contribution in [3.8, 4) is 11.8 Å². The number of nitriles is 1. The van der Waals surface area contributed by atoms with Gasteiger partial charge in [0.25, 0.3) is 0 Å². The highest BCUT2D eigenvalue weighted by Crippen LogP contribution is 2.42. The fraction of sp³-hybridized carbons (Fsp3) is 0.562. The molecule has 1 heterocycles. The van der Waals surface area contributed by atoms with Crippen LogP contribution in [0, 0.1) is 16.7 Å². The van der Waals surface area contributed by atoms with Crippen LogP contribution >= 0.6 is 0 Å². The molecule has 0 N–H and O–H groups in total. The van der Waals surface area contributed by atoms with Crippen LogP contribution in [0.25, 0.3) is 0 Å². The molecule has 0 spiro atoms. The maximum absolute atomic E-state index is 9.51. The van der Waals surface area contributed by atoms with Gasteiger partial charge in [0.15, 0.2) is 0 Å². The molecule has 1 saturated carbocycles. The first-order chi connectivity index (χ1) is 8.81. The van der Waals surface area contributed by atoms with Crippen molar-refractivity contribution >= 4 is 0 Å². The number of nitrogens with zero attached hydrogens (tertiary/aromatic N) is 1. The fourth-order valence-corrected chi connectivity index (χ4v) is 3.39. The first-order valence-electron chi connectivity index (χ1n) is 6.97. The molecule has 1 atom stereocenters. The van der Waals surface area contributed by atoms with Gasteiger partial charge in [-0.05, 0) is 24.5 Å². The third kappa shape index (κ3) is 2.10. The average molecular weight is 241 g/mol. The Kier molecular flexibility index (Phi) is 2.99. The van der Waals surface area contributed by atoms with Gasteiger partial charge >= 0.3 is 0 Å². The van der Waals surface area contributed by atoms with Crippen molar-refractivity contribution in [2.45, 2.75) is 51.0 Å². The predicted octanol–water partition coefficient (Wildman–Crippen LogP) is 3.85. The first-order valence-corrected chi connectivity index (χ1v) is 6.97. The third-order valence-corrected chi connectivity index (χ3v) is 4.38. The van der Waals surface area contributed by atoms with E-state index in [0.717, 1.165) is 31.4 Å². The van der Waals surface area contributed by atoms with E-state index in [4.69, 9.17) is 4.74 Å². The summed E-state index contributed by atoms with van der Waals surface area (Å²) in [5.74, 6) is 1.02. The Labute approximate surface area is 109 Å². The Morgan fingerprint density at radius 2 is 2.00 bits per heavy atom.